The summed E-state index contributed by atoms with van der Waals surface area (Å²) in [7, 11) is 1.68. The normalized spacial score (nSPS) is 13.6. The fourth-order valence-corrected chi connectivity index (χ4v) is 4.14. The minimum Gasteiger partial charge on any atom is -0.495 e. The Hall–Kier alpha value is -3.94. The Labute approximate surface area is 205 Å². The number of nitrogens with one attached hydrogen (secondary N) is 2. The monoisotopic (exact) mass is 476 g/mol. The quantitative estimate of drug-likeness (QED) is 0.505. The van der Waals surface area contributed by atoms with Crippen LogP contribution < -0.4 is 25.2 Å². The van der Waals surface area contributed by atoms with E-state index in [-0.39, 0.29) is 17.6 Å². The summed E-state index contributed by atoms with van der Waals surface area (Å²) in [6.07, 6.45) is 1.45. The van der Waals surface area contributed by atoms with Gasteiger partial charge in [-0.25, -0.2) is 0 Å². The van der Waals surface area contributed by atoms with Gasteiger partial charge in [0, 0.05) is 44.1 Å². The third kappa shape index (κ3) is 5.77. The van der Waals surface area contributed by atoms with Crippen LogP contribution in [0.1, 0.15) is 34.8 Å². The molecule has 1 saturated heterocycles. The fraction of sp³-hybridized carbons (Fsp3) is 0.333. The number of hydrogen-bond acceptors (Lipinski definition) is 6. The molecule has 0 atom stereocenters. The molecule has 1 aliphatic rings. The van der Waals surface area contributed by atoms with Crippen molar-refractivity contribution < 1.29 is 18.7 Å². The van der Waals surface area contributed by atoms with E-state index in [2.05, 4.69) is 40.3 Å². The van der Waals surface area contributed by atoms with E-state index < -0.39 is 0 Å². The van der Waals surface area contributed by atoms with Crippen molar-refractivity contribution in [1.82, 2.24) is 5.32 Å². The second kappa shape index (κ2) is 11.0. The van der Waals surface area contributed by atoms with Gasteiger partial charge in [0.1, 0.15) is 5.75 Å². The molecule has 184 valence electrons. The smallest absolute Gasteiger partial charge is 0.291 e. The molecule has 0 saturated carbocycles. The molecule has 1 aromatic heterocycles. The van der Waals surface area contributed by atoms with Gasteiger partial charge in [0.2, 0.25) is 0 Å². The number of carbonyl (C=O) groups excluding carboxylic acids is 2. The van der Waals surface area contributed by atoms with Gasteiger partial charge in [-0.2, -0.15) is 0 Å². The maximum atomic E-state index is 13.2. The van der Waals surface area contributed by atoms with E-state index in [4.69, 9.17) is 9.15 Å². The molecule has 2 heterocycles. The van der Waals surface area contributed by atoms with Crippen molar-refractivity contribution in [1.29, 1.82) is 0 Å². The maximum Gasteiger partial charge on any atom is 0.291 e. The van der Waals surface area contributed by atoms with Crippen LogP contribution in [0.2, 0.25) is 0 Å². The first-order chi connectivity index (χ1) is 17.0. The van der Waals surface area contributed by atoms with E-state index in [9.17, 15) is 9.59 Å². The third-order valence-electron chi connectivity index (χ3n) is 5.96. The highest BCUT2D eigenvalue weighted by Gasteiger charge is 2.24. The van der Waals surface area contributed by atoms with Crippen molar-refractivity contribution in [3.8, 4) is 5.75 Å². The molecule has 4 rings (SSSR count). The molecule has 8 heteroatoms. The number of rotatable bonds is 8. The van der Waals surface area contributed by atoms with Gasteiger partial charge in [0.25, 0.3) is 11.8 Å². The number of amides is 2. The highest BCUT2D eigenvalue weighted by molar-refractivity contribution is 6.05. The number of ether oxygens (including phenoxy) is 1. The highest BCUT2D eigenvalue weighted by atomic mass is 16.5. The number of piperazine rings is 1. The van der Waals surface area contributed by atoms with Crippen LogP contribution in [0.25, 0.3) is 0 Å². The van der Waals surface area contributed by atoms with E-state index in [1.54, 1.807) is 25.3 Å². The molecule has 0 unspecified atom stereocenters. The van der Waals surface area contributed by atoms with Crippen LogP contribution in [0.3, 0.4) is 0 Å². The molecule has 2 aromatic carbocycles. The number of nitrogens with zero attached hydrogens (tertiary/aromatic N) is 2. The van der Waals surface area contributed by atoms with E-state index in [0.717, 1.165) is 43.3 Å². The highest BCUT2D eigenvalue weighted by Crippen LogP contribution is 2.31. The van der Waals surface area contributed by atoms with Crippen molar-refractivity contribution in [2.24, 2.45) is 5.92 Å². The van der Waals surface area contributed by atoms with Gasteiger partial charge in [0.05, 0.1) is 24.6 Å². The Kier molecular flexibility index (Phi) is 7.60. The van der Waals surface area contributed by atoms with E-state index in [1.807, 2.05) is 30.3 Å². The predicted octanol–water partition coefficient (Wildman–Crippen LogP) is 4.25. The molecule has 1 fully saturated rings. The van der Waals surface area contributed by atoms with Crippen molar-refractivity contribution in [2.45, 2.75) is 13.8 Å². The molecule has 0 spiro atoms. The minimum absolute atomic E-state index is 0.157. The Balaban J connectivity index is 1.54. The zero-order chi connectivity index (χ0) is 24.8. The molecule has 3 aromatic rings. The minimum atomic E-state index is -0.360. The Bertz CT molecular complexity index is 1150. The molecular weight excluding hydrogens is 444 g/mol. The summed E-state index contributed by atoms with van der Waals surface area (Å²) in [4.78, 5) is 30.1. The van der Waals surface area contributed by atoms with Gasteiger partial charge in [-0.15, -0.1) is 0 Å². The van der Waals surface area contributed by atoms with Crippen LogP contribution in [-0.4, -0.2) is 51.6 Å². The van der Waals surface area contributed by atoms with Gasteiger partial charge < -0.3 is 29.6 Å². The van der Waals surface area contributed by atoms with Gasteiger partial charge in [-0.1, -0.05) is 26.0 Å². The summed E-state index contributed by atoms with van der Waals surface area (Å²) in [5, 5.41) is 5.83. The number of para-hydroxylation sites is 2. The summed E-state index contributed by atoms with van der Waals surface area (Å²) in [6.45, 7) is 7.77. The zero-order valence-electron chi connectivity index (χ0n) is 20.4. The number of carbonyl (C=O) groups is 2. The van der Waals surface area contributed by atoms with Crippen LogP contribution in [0.4, 0.5) is 17.1 Å². The summed E-state index contributed by atoms with van der Waals surface area (Å²) in [5.41, 5.74) is 2.99. The number of anilines is 3. The number of benzene rings is 2. The molecule has 2 N–H and O–H groups in total. The predicted molar refractivity (Wildman–Crippen MR) is 138 cm³/mol. The number of furan rings is 1. The molecule has 0 radical (unpaired) electrons. The maximum absolute atomic E-state index is 13.2. The lowest BCUT2D eigenvalue weighted by molar-refractivity contribution is 0.0947. The summed E-state index contributed by atoms with van der Waals surface area (Å²) >= 11 is 0. The Morgan fingerprint density at radius 2 is 1.66 bits per heavy atom. The molecule has 8 nitrogen and oxygen atoms in total. The topological polar surface area (TPSA) is 87.1 Å². The fourth-order valence-electron chi connectivity index (χ4n) is 4.14. The lowest BCUT2D eigenvalue weighted by Gasteiger charge is -2.38. The van der Waals surface area contributed by atoms with Gasteiger partial charge in [-0.3, -0.25) is 9.59 Å². The summed E-state index contributed by atoms with van der Waals surface area (Å²) in [6, 6.07) is 16.7. The van der Waals surface area contributed by atoms with Gasteiger partial charge in [0.15, 0.2) is 5.76 Å². The van der Waals surface area contributed by atoms with Crippen molar-refractivity contribution in [3.63, 3.8) is 0 Å². The first kappa shape index (κ1) is 24.2. The number of methoxy groups -OCH3 is 1. The van der Waals surface area contributed by atoms with Crippen LogP contribution in [0.5, 0.6) is 5.75 Å². The first-order valence-electron chi connectivity index (χ1n) is 11.9. The lowest BCUT2D eigenvalue weighted by Crippen LogP contribution is -2.47. The standard InChI is InChI=1S/C27H32N4O4/c1-19(2)18-28-26(32)21-17-20(29-27(33)25-9-6-16-35-25)10-11-22(21)30-12-14-31(15-13-30)23-7-4-5-8-24(23)34-3/h4-11,16-17,19H,12-15,18H2,1-3H3,(H,28,32)(H,29,33). The summed E-state index contributed by atoms with van der Waals surface area (Å²) in [5.74, 6) is 0.879. The third-order valence-corrected chi connectivity index (χ3v) is 5.96. The second-order valence-corrected chi connectivity index (χ2v) is 8.91. The van der Waals surface area contributed by atoms with Crippen LogP contribution in [0, 0.1) is 5.92 Å². The first-order valence-corrected chi connectivity index (χ1v) is 11.9. The van der Waals surface area contributed by atoms with Gasteiger partial charge >= 0.3 is 0 Å². The number of hydrogen-bond donors (Lipinski definition) is 2. The molecule has 1 aliphatic heterocycles. The lowest BCUT2D eigenvalue weighted by atomic mass is 10.1. The summed E-state index contributed by atoms with van der Waals surface area (Å²) < 4.78 is 10.7. The average Bonchev–Trinajstić information content (AvgIpc) is 3.43. The largest absolute Gasteiger partial charge is 0.495 e. The molecule has 35 heavy (non-hydrogen) atoms. The Morgan fingerprint density at radius 1 is 0.943 bits per heavy atom. The van der Waals surface area contributed by atoms with E-state index >= 15 is 0 Å². The van der Waals surface area contributed by atoms with Crippen molar-refractivity contribution in [3.05, 3.63) is 72.2 Å². The van der Waals surface area contributed by atoms with Crippen LogP contribution in [-0.2, 0) is 0 Å². The van der Waals surface area contributed by atoms with Crippen molar-refractivity contribution in [2.75, 3.05) is 55.0 Å². The molecule has 2 amide bonds. The SMILES string of the molecule is COc1ccccc1N1CCN(c2ccc(NC(=O)c3ccco3)cc2C(=O)NCC(C)C)CC1. The van der Waals surface area contributed by atoms with E-state index in [1.165, 1.54) is 6.26 Å². The Morgan fingerprint density at radius 3 is 2.31 bits per heavy atom. The van der Waals surface area contributed by atoms with Crippen LogP contribution >= 0.6 is 0 Å². The molecular formula is C27H32N4O4. The van der Waals surface area contributed by atoms with Crippen LogP contribution in [0.15, 0.2) is 65.3 Å². The van der Waals surface area contributed by atoms with Crippen molar-refractivity contribution >= 4 is 28.9 Å². The molecule has 0 aliphatic carbocycles. The van der Waals surface area contributed by atoms with E-state index in [0.29, 0.717) is 23.7 Å². The second-order valence-electron chi connectivity index (χ2n) is 8.91. The van der Waals surface area contributed by atoms with Gasteiger partial charge in [-0.05, 0) is 48.4 Å². The molecule has 0 bridgehead atoms. The zero-order valence-corrected chi connectivity index (χ0v) is 20.4. The average molecular weight is 477 g/mol.